The Morgan fingerprint density at radius 1 is 1.47 bits per heavy atom. The molecule has 1 saturated heterocycles. The standard InChI is InChI=1S/C12H20N4O/c1-9-6-4-3-5-7-16(9)12(17)11-10(13)8-14-15(11)2/h8-9H,3-7,13H2,1-2H3. The van der Waals surface area contributed by atoms with E-state index in [1.807, 2.05) is 4.90 Å². The molecular weight excluding hydrogens is 216 g/mol. The van der Waals surface area contributed by atoms with E-state index in [1.165, 1.54) is 19.0 Å². The fourth-order valence-electron chi connectivity index (χ4n) is 2.43. The van der Waals surface area contributed by atoms with Crippen molar-refractivity contribution in [3.8, 4) is 0 Å². The highest BCUT2D eigenvalue weighted by Crippen LogP contribution is 2.20. The van der Waals surface area contributed by atoms with Crippen molar-refractivity contribution in [2.75, 3.05) is 12.3 Å². The maximum Gasteiger partial charge on any atom is 0.274 e. The van der Waals surface area contributed by atoms with Crippen LogP contribution in [0.2, 0.25) is 0 Å². The Labute approximate surface area is 102 Å². The van der Waals surface area contributed by atoms with E-state index >= 15 is 0 Å². The first-order valence-corrected chi connectivity index (χ1v) is 6.19. The van der Waals surface area contributed by atoms with Gasteiger partial charge in [-0.3, -0.25) is 9.48 Å². The zero-order chi connectivity index (χ0) is 12.4. The molecule has 0 saturated carbocycles. The fourth-order valence-corrected chi connectivity index (χ4v) is 2.43. The van der Waals surface area contributed by atoms with Crippen molar-refractivity contribution in [1.29, 1.82) is 0 Å². The molecule has 0 bridgehead atoms. The van der Waals surface area contributed by atoms with Gasteiger partial charge in [-0.25, -0.2) is 0 Å². The second-order valence-corrected chi connectivity index (χ2v) is 4.77. The van der Waals surface area contributed by atoms with Crippen LogP contribution in [0.5, 0.6) is 0 Å². The molecule has 5 nitrogen and oxygen atoms in total. The maximum absolute atomic E-state index is 12.5. The topological polar surface area (TPSA) is 64.2 Å². The molecular formula is C12H20N4O. The molecule has 1 unspecified atom stereocenters. The van der Waals surface area contributed by atoms with E-state index in [0.717, 1.165) is 19.4 Å². The second kappa shape index (κ2) is 4.77. The normalized spacial score (nSPS) is 21.3. The molecule has 0 radical (unpaired) electrons. The fraction of sp³-hybridized carbons (Fsp3) is 0.667. The van der Waals surface area contributed by atoms with Crippen LogP contribution in [0.1, 0.15) is 43.1 Å². The third-order valence-electron chi connectivity index (χ3n) is 3.48. The van der Waals surface area contributed by atoms with E-state index in [9.17, 15) is 4.79 Å². The van der Waals surface area contributed by atoms with Crippen LogP contribution < -0.4 is 5.73 Å². The summed E-state index contributed by atoms with van der Waals surface area (Å²) in [5.74, 6) is 0.0110. The quantitative estimate of drug-likeness (QED) is 0.801. The Bertz CT molecular complexity index is 393. The van der Waals surface area contributed by atoms with Crippen LogP contribution in [0.3, 0.4) is 0 Å². The number of hydrogen-bond acceptors (Lipinski definition) is 3. The number of amides is 1. The minimum absolute atomic E-state index is 0.0110. The van der Waals surface area contributed by atoms with Crippen LogP contribution in [-0.4, -0.2) is 33.2 Å². The molecule has 1 aliphatic heterocycles. The lowest BCUT2D eigenvalue weighted by atomic mass is 10.1. The molecule has 0 aliphatic carbocycles. The molecule has 2 rings (SSSR count). The maximum atomic E-state index is 12.5. The van der Waals surface area contributed by atoms with Crippen molar-refractivity contribution >= 4 is 11.6 Å². The number of aryl methyl sites for hydroxylation is 1. The Morgan fingerprint density at radius 2 is 2.24 bits per heavy atom. The number of rotatable bonds is 1. The summed E-state index contributed by atoms with van der Waals surface area (Å²) in [5.41, 5.74) is 6.78. The summed E-state index contributed by atoms with van der Waals surface area (Å²) in [6, 6.07) is 0.291. The molecule has 0 aromatic carbocycles. The van der Waals surface area contributed by atoms with Crippen LogP contribution in [0.4, 0.5) is 5.69 Å². The van der Waals surface area contributed by atoms with Gasteiger partial charge in [0.25, 0.3) is 5.91 Å². The zero-order valence-corrected chi connectivity index (χ0v) is 10.5. The smallest absolute Gasteiger partial charge is 0.274 e. The number of hydrogen-bond donors (Lipinski definition) is 1. The molecule has 1 atom stereocenters. The molecule has 1 aromatic rings. The molecule has 1 aromatic heterocycles. The molecule has 1 aliphatic rings. The largest absolute Gasteiger partial charge is 0.396 e. The minimum atomic E-state index is 0.0110. The van der Waals surface area contributed by atoms with E-state index < -0.39 is 0 Å². The highest BCUT2D eigenvalue weighted by Gasteiger charge is 2.26. The van der Waals surface area contributed by atoms with Crippen molar-refractivity contribution in [1.82, 2.24) is 14.7 Å². The van der Waals surface area contributed by atoms with Crippen molar-refractivity contribution < 1.29 is 4.79 Å². The van der Waals surface area contributed by atoms with E-state index in [2.05, 4.69) is 12.0 Å². The first-order valence-electron chi connectivity index (χ1n) is 6.19. The summed E-state index contributed by atoms with van der Waals surface area (Å²) in [6.45, 7) is 2.93. The first kappa shape index (κ1) is 12.0. The minimum Gasteiger partial charge on any atom is -0.396 e. The van der Waals surface area contributed by atoms with E-state index in [-0.39, 0.29) is 5.91 Å². The van der Waals surface area contributed by atoms with Crippen LogP contribution in [0.15, 0.2) is 6.20 Å². The third-order valence-corrected chi connectivity index (χ3v) is 3.48. The number of nitrogen functional groups attached to an aromatic ring is 1. The Kier molecular flexibility index (Phi) is 3.36. The van der Waals surface area contributed by atoms with Crippen molar-refractivity contribution in [2.45, 2.75) is 38.6 Å². The third kappa shape index (κ3) is 2.28. The lowest BCUT2D eigenvalue weighted by Gasteiger charge is -2.27. The molecule has 17 heavy (non-hydrogen) atoms. The van der Waals surface area contributed by atoms with Crippen molar-refractivity contribution in [2.24, 2.45) is 7.05 Å². The van der Waals surface area contributed by atoms with Gasteiger partial charge in [0, 0.05) is 19.6 Å². The van der Waals surface area contributed by atoms with Gasteiger partial charge in [0.1, 0.15) is 5.69 Å². The van der Waals surface area contributed by atoms with Gasteiger partial charge in [-0.2, -0.15) is 5.10 Å². The molecule has 5 heteroatoms. The van der Waals surface area contributed by atoms with Gasteiger partial charge in [0.2, 0.25) is 0 Å². The predicted molar refractivity (Wildman–Crippen MR) is 66.6 cm³/mol. The number of nitrogens with zero attached hydrogens (tertiary/aromatic N) is 3. The monoisotopic (exact) mass is 236 g/mol. The predicted octanol–water partition coefficient (Wildman–Crippen LogP) is 1.41. The average molecular weight is 236 g/mol. The highest BCUT2D eigenvalue weighted by molar-refractivity contribution is 5.97. The highest BCUT2D eigenvalue weighted by atomic mass is 16.2. The van der Waals surface area contributed by atoms with E-state index in [1.54, 1.807) is 11.7 Å². The van der Waals surface area contributed by atoms with E-state index in [4.69, 9.17) is 5.73 Å². The Balaban J connectivity index is 2.24. The lowest BCUT2D eigenvalue weighted by Crippen LogP contribution is -2.39. The van der Waals surface area contributed by atoms with Crippen molar-refractivity contribution in [3.05, 3.63) is 11.9 Å². The summed E-state index contributed by atoms with van der Waals surface area (Å²) in [4.78, 5) is 14.4. The van der Waals surface area contributed by atoms with Gasteiger partial charge in [-0.15, -0.1) is 0 Å². The molecule has 2 N–H and O–H groups in total. The van der Waals surface area contributed by atoms with Gasteiger partial charge in [-0.05, 0) is 19.8 Å². The van der Waals surface area contributed by atoms with Crippen molar-refractivity contribution in [3.63, 3.8) is 0 Å². The number of anilines is 1. The summed E-state index contributed by atoms with van der Waals surface area (Å²) < 4.78 is 1.56. The van der Waals surface area contributed by atoms with Crippen LogP contribution in [0, 0.1) is 0 Å². The summed E-state index contributed by atoms with van der Waals surface area (Å²) >= 11 is 0. The lowest BCUT2D eigenvalue weighted by molar-refractivity contribution is 0.0687. The van der Waals surface area contributed by atoms with Gasteiger partial charge < -0.3 is 10.6 Å². The molecule has 94 valence electrons. The summed E-state index contributed by atoms with van der Waals surface area (Å²) in [5, 5.41) is 4.02. The zero-order valence-electron chi connectivity index (χ0n) is 10.5. The second-order valence-electron chi connectivity index (χ2n) is 4.77. The number of likely N-dealkylation sites (tertiary alicyclic amines) is 1. The van der Waals surface area contributed by atoms with Crippen LogP contribution in [0.25, 0.3) is 0 Å². The summed E-state index contributed by atoms with van der Waals surface area (Å²) in [7, 11) is 1.76. The molecule has 1 fully saturated rings. The molecule has 2 heterocycles. The average Bonchev–Trinajstić information content (AvgIpc) is 2.51. The van der Waals surface area contributed by atoms with Gasteiger partial charge >= 0.3 is 0 Å². The molecule has 0 spiro atoms. The van der Waals surface area contributed by atoms with Crippen LogP contribution in [-0.2, 0) is 7.05 Å². The van der Waals surface area contributed by atoms with E-state index in [0.29, 0.717) is 17.4 Å². The number of carbonyl (C=O) groups excluding carboxylic acids is 1. The number of carbonyl (C=O) groups is 1. The number of nitrogens with two attached hydrogens (primary N) is 1. The SMILES string of the molecule is CC1CCCCCN1C(=O)c1c(N)cnn1C. The van der Waals surface area contributed by atoms with Gasteiger partial charge in [0.05, 0.1) is 11.9 Å². The Hall–Kier alpha value is -1.52. The Morgan fingerprint density at radius 3 is 2.88 bits per heavy atom. The van der Waals surface area contributed by atoms with Crippen LogP contribution >= 0.6 is 0 Å². The summed E-state index contributed by atoms with van der Waals surface area (Å²) in [6.07, 6.45) is 6.09. The van der Waals surface area contributed by atoms with Gasteiger partial charge in [0.15, 0.2) is 0 Å². The molecule has 1 amide bonds. The van der Waals surface area contributed by atoms with Gasteiger partial charge in [-0.1, -0.05) is 12.8 Å². The first-order chi connectivity index (χ1) is 8.11. The number of aromatic nitrogens is 2.